The standard InChI is InChI=1S/C24H34N2O/c1-19-4-3-5-23(14-19)18-26(16-21-8-6-20(15-25)7-9-21)17-22-10-12-24(27-2)13-11-22/h3-5,10-14,20-21H,6-9,15-18,25H2,1-2H3. The van der Waals surface area contributed by atoms with Gasteiger partial charge >= 0.3 is 0 Å². The van der Waals surface area contributed by atoms with Crippen molar-refractivity contribution in [1.29, 1.82) is 0 Å². The summed E-state index contributed by atoms with van der Waals surface area (Å²) in [5.41, 5.74) is 9.95. The van der Waals surface area contributed by atoms with Crippen molar-refractivity contribution in [3.63, 3.8) is 0 Å². The maximum Gasteiger partial charge on any atom is 0.118 e. The Hall–Kier alpha value is -1.84. The summed E-state index contributed by atoms with van der Waals surface area (Å²) in [5, 5.41) is 0. The van der Waals surface area contributed by atoms with E-state index in [0.29, 0.717) is 0 Å². The number of ether oxygens (including phenoxy) is 1. The Morgan fingerprint density at radius 1 is 0.926 bits per heavy atom. The molecule has 0 atom stereocenters. The molecule has 0 heterocycles. The van der Waals surface area contributed by atoms with Crippen LogP contribution >= 0.6 is 0 Å². The Bertz CT molecular complexity index is 690. The first-order valence-electron chi connectivity index (χ1n) is 10.3. The van der Waals surface area contributed by atoms with Crippen molar-refractivity contribution in [2.24, 2.45) is 17.6 Å². The molecule has 3 nitrogen and oxygen atoms in total. The van der Waals surface area contributed by atoms with Gasteiger partial charge < -0.3 is 10.5 Å². The molecule has 0 unspecified atom stereocenters. The lowest BCUT2D eigenvalue weighted by molar-refractivity contribution is 0.170. The second-order valence-electron chi connectivity index (χ2n) is 8.13. The van der Waals surface area contributed by atoms with Gasteiger partial charge in [0.2, 0.25) is 0 Å². The third-order valence-corrected chi connectivity index (χ3v) is 5.87. The molecule has 1 aliphatic carbocycles. The second-order valence-corrected chi connectivity index (χ2v) is 8.13. The smallest absolute Gasteiger partial charge is 0.118 e. The lowest BCUT2D eigenvalue weighted by Gasteiger charge is -2.32. The largest absolute Gasteiger partial charge is 0.497 e. The summed E-state index contributed by atoms with van der Waals surface area (Å²) < 4.78 is 5.30. The van der Waals surface area contributed by atoms with Gasteiger partial charge in [-0.1, -0.05) is 42.0 Å². The van der Waals surface area contributed by atoms with Crippen molar-refractivity contribution in [2.45, 2.75) is 45.7 Å². The highest BCUT2D eigenvalue weighted by Crippen LogP contribution is 2.29. The van der Waals surface area contributed by atoms with Gasteiger partial charge in [0.1, 0.15) is 5.75 Å². The fourth-order valence-corrected chi connectivity index (χ4v) is 4.26. The van der Waals surface area contributed by atoms with Crippen molar-refractivity contribution in [3.8, 4) is 5.75 Å². The van der Waals surface area contributed by atoms with Gasteiger partial charge in [-0.05, 0) is 74.2 Å². The van der Waals surface area contributed by atoms with Crippen LogP contribution in [0.4, 0.5) is 0 Å². The maximum atomic E-state index is 5.87. The first-order valence-corrected chi connectivity index (χ1v) is 10.3. The van der Waals surface area contributed by atoms with Crippen molar-refractivity contribution < 1.29 is 4.74 Å². The summed E-state index contributed by atoms with van der Waals surface area (Å²) in [4.78, 5) is 2.62. The molecule has 3 heteroatoms. The number of nitrogens with two attached hydrogens (primary N) is 1. The van der Waals surface area contributed by atoms with E-state index in [1.165, 1.54) is 42.4 Å². The second kappa shape index (κ2) is 9.91. The number of hydrogen-bond donors (Lipinski definition) is 1. The zero-order valence-corrected chi connectivity index (χ0v) is 16.9. The molecule has 0 spiro atoms. The number of rotatable bonds is 8. The molecule has 0 bridgehead atoms. The maximum absolute atomic E-state index is 5.87. The summed E-state index contributed by atoms with van der Waals surface area (Å²) in [6, 6.07) is 17.4. The minimum atomic E-state index is 0.744. The van der Waals surface area contributed by atoms with Gasteiger partial charge in [0, 0.05) is 19.6 Å². The van der Waals surface area contributed by atoms with E-state index in [-0.39, 0.29) is 0 Å². The van der Waals surface area contributed by atoms with Gasteiger partial charge in [-0.3, -0.25) is 4.90 Å². The van der Waals surface area contributed by atoms with Crippen LogP contribution in [0.1, 0.15) is 42.4 Å². The molecule has 3 rings (SSSR count). The average Bonchev–Trinajstić information content (AvgIpc) is 2.69. The lowest BCUT2D eigenvalue weighted by atomic mass is 9.82. The van der Waals surface area contributed by atoms with E-state index < -0.39 is 0 Å². The van der Waals surface area contributed by atoms with Crippen LogP contribution in [0.2, 0.25) is 0 Å². The fraction of sp³-hybridized carbons (Fsp3) is 0.500. The van der Waals surface area contributed by atoms with Gasteiger partial charge in [-0.15, -0.1) is 0 Å². The number of hydrogen-bond acceptors (Lipinski definition) is 3. The quantitative estimate of drug-likeness (QED) is 0.731. The van der Waals surface area contributed by atoms with Gasteiger partial charge in [0.25, 0.3) is 0 Å². The van der Waals surface area contributed by atoms with Crippen LogP contribution in [0.5, 0.6) is 5.75 Å². The third kappa shape index (κ3) is 6.08. The molecule has 146 valence electrons. The zero-order valence-electron chi connectivity index (χ0n) is 16.9. The number of nitrogens with zero attached hydrogens (tertiary/aromatic N) is 1. The van der Waals surface area contributed by atoms with E-state index in [9.17, 15) is 0 Å². The Morgan fingerprint density at radius 3 is 2.22 bits per heavy atom. The first-order chi connectivity index (χ1) is 13.2. The van der Waals surface area contributed by atoms with Crippen molar-refractivity contribution in [2.75, 3.05) is 20.2 Å². The highest BCUT2D eigenvalue weighted by Gasteiger charge is 2.22. The highest BCUT2D eigenvalue weighted by molar-refractivity contribution is 5.27. The third-order valence-electron chi connectivity index (χ3n) is 5.87. The molecule has 2 N–H and O–H groups in total. The highest BCUT2D eigenvalue weighted by atomic mass is 16.5. The van der Waals surface area contributed by atoms with E-state index in [1.807, 2.05) is 0 Å². The molecular weight excluding hydrogens is 332 g/mol. The predicted octanol–water partition coefficient (Wildman–Crippen LogP) is 4.77. The van der Waals surface area contributed by atoms with Crippen LogP contribution in [-0.4, -0.2) is 25.1 Å². The van der Waals surface area contributed by atoms with Gasteiger partial charge in [0.15, 0.2) is 0 Å². The van der Waals surface area contributed by atoms with Gasteiger partial charge in [-0.2, -0.15) is 0 Å². The van der Waals surface area contributed by atoms with Crippen LogP contribution in [0.15, 0.2) is 48.5 Å². The molecule has 0 saturated heterocycles. The fourth-order valence-electron chi connectivity index (χ4n) is 4.26. The normalized spacial score (nSPS) is 20.0. The lowest BCUT2D eigenvalue weighted by Crippen LogP contribution is -2.32. The van der Waals surface area contributed by atoms with Crippen molar-refractivity contribution >= 4 is 0 Å². The van der Waals surface area contributed by atoms with Crippen LogP contribution in [0, 0.1) is 18.8 Å². The Morgan fingerprint density at radius 2 is 1.59 bits per heavy atom. The molecule has 0 amide bonds. The van der Waals surface area contributed by atoms with Crippen LogP contribution in [-0.2, 0) is 13.1 Å². The Balaban J connectivity index is 1.67. The van der Waals surface area contributed by atoms with E-state index in [2.05, 4.69) is 60.4 Å². The van der Waals surface area contributed by atoms with E-state index >= 15 is 0 Å². The topological polar surface area (TPSA) is 38.5 Å². The summed E-state index contributed by atoms with van der Waals surface area (Å²) in [6.45, 7) is 6.17. The molecule has 27 heavy (non-hydrogen) atoms. The summed E-state index contributed by atoms with van der Waals surface area (Å²) in [7, 11) is 1.72. The van der Waals surface area contributed by atoms with Crippen LogP contribution < -0.4 is 10.5 Å². The zero-order chi connectivity index (χ0) is 19.1. The first kappa shape index (κ1) is 19.9. The van der Waals surface area contributed by atoms with E-state index in [4.69, 9.17) is 10.5 Å². The van der Waals surface area contributed by atoms with Crippen molar-refractivity contribution in [1.82, 2.24) is 4.90 Å². The number of benzene rings is 2. The minimum absolute atomic E-state index is 0.744. The number of aryl methyl sites for hydroxylation is 1. The Kier molecular flexibility index (Phi) is 7.31. The van der Waals surface area contributed by atoms with Gasteiger partial charge in [0.05, 0.1) is 7.11 Å². The molecule has 0 aromatic heterocycles. The molecule has 2 aromatic carbocycles. The summed E-state index contributed by atoms with van der Waals surface area (Å²) >= 11 is 0. The SMILES string of the molecule is COc1ccc(CN(Cc2cccc(C)c2)CC2CCC(CN)CC2)cc1. The minimum Gasteiger partial charge on any atom is -0.497 e. The van der Waals surface area contributed by atoms with Gasteiger partial charge in [-0.25, -0.2) is 0 Å². The molecule has 1 aliphatic rings. The molecule has 0 aliphatic heterocycles. The van der Waals surface area contributed by atoms with E-state index in [1.54, 1.807) is 7.11 Å². The van der Waals surface area contributed by atoms with Crippen LogP contribution in [0.3, 0.4) is 0 Å². The summed E-state index contributed by atoms with van der Waals surface area (Å²) in [6.07, 6.45) is 5.22. The average molecular weight is 367 g/mol. The molecule has 0 radical (unpaired) electrons. The predicted molar refractivity (Wildman–Crippen MR) is 113 cm³/mol. The molecular formula is C24H34N2O. The Labute approximate surface area is 164 Å². The van der Waals surface area contributed by atoms with Crippen LogP contribution in [0.25, 0.3) is 0 Å². The summed E-state index contributed by atoms with van der Waals surface area (Å²) in [5.74, 6) is 2.45. The monoisotopic (exact) mass is 366 g/mol. The molecule has 2 aromatic rings. The molecule has 1 saturated carbocycles. The number of methoxy groups -OCH3 is 1. The van der Waals surface area contributed by atoms with E-state index in [0.717, 1.165) is 43.8 Å². The van der Waals surface area contributed by atoms with Crippen molar-refractivity contribution in [3.05, 3.63) is 65.2 Å². The molecule has 1 fully saturated rings.